The molecule has 1 aromatic carbocycles. The molecule has 0 atom stereocenters. The monoisotopic (exact) mass is 235 g/mol. The number of amides is 1. The molecular formula is C13H17NO3. The topological polar surface area (TPSA) is 57.6 Å². The van der Waals surface area contributed by atoms with Gasteiger partial charge in [-0.05, 0) is 25.0 Å². The molecule has 0 saturated heterocycles. The lowest BCUT2D eigenvalue weighted by atomic mass is 10.1. The molecule has 0 fully saturated rings. The van der Waals surface area contributed by atoms with Crippen LogP contribution in [-0.4, -0.2) is 24.0 Å². The summed E-state index contributed by atoms with van der Waals surface area (Å²) in [7, 11) is 1.73. The van der Waals surface area contributed by atoms with Crippen LogP contribution in [0.4, 0.5) is 5.69 Å². The van der Waals surface area contributed by atoms with Crippen molar-refractivity contribution in [1.29, 1.82) is 0 Å². The SMILES string of the molecule is CN(C(=O)CCCCC(=O)O)c1ccccc1. The van der Waals surface area contributed by atoms with E-state index in [-0.39, 0.29) is 12.3 Å². The Hall–Kier alpha value is -1.84. The molecule has 0 aliphatic carbocycles. The van der Waals surface area contributed by atoms with Crippen molar-refractivity contribution in [3.8, 4) is 0 Å². The molecule has 17 heavy (non-hydrogen) atoms. The molecule has 0 heterocycles. The third kappa shape index (κ3) is 4.68. The smallest absolute Gasteiger partial charge is 0.303 e. The number of hydrogen-bond acceptors (Lipinski definition) is 2. The Morgan fingerprint density at radius 1 is 1.12 bits per heavy atom. The summed E-state index contributed by atoms with van der Waals surface area (Å²) in [6.45, 7) is 0. The summed E-state index contributed by atoms with van der Waals surface area (Å²) in [5.41, 5.74) is 0.857. The number of para-hydroxylation sites is 1. The second-order valence-electron chi connectivity index (χ2n) is 3.89. The first kappa shape index (κ1) is 13.2. The van der Waals surface area contributed by atoms with Gasteiger partial charge < -0.3 is 10.0 Å². The number of benzene rings is 1. The number of rotatable bonds is 6. The maximum Gasteiger partial charge on any atom is 0.303 e. The molecule has 1 N–H and O–H groups in total. The molecule has 1 rings (SSSR count). The molecule has 0 spiro atoms. The van der Waals surface area contributed by atoms with E-state index >= 15 is 0 Å². The maximum atomic E-state index is 11.8. The number of aliphatic carboxylic acids is 1. The Balaban J connectivity index is 2.35. The fourth-order valence-corrected chi connectivity index (χ4v) is 1.52. The lowest BCUT2D eigenvalue weighted by Gasteiger charge is -2.16. The third-order valence-electron chi connectivity index (χ3n) is 2.55. The number of hydrogen-bond donors (Lipinski definition) is 1. The van der Waals surface area contributed by atoms with Crippen molar-refractivity contribution >= 4 is 17.6 Å². The van der Waals surface area contributed by atoms with Gasteiger partial charge in [-0.15, -0.1) is 0 Å². The summed E-state index contributed by atoms with van der Waals surface area (Å²) >= 11 is 0. The van der Waals surface area contributed by atoms with Crippen LogP contribution in [0.15, 0.2) is 30.3 Å². The molecule has 0 aromatic heterocycles. The van der Waals surface area contributed by atoms with Gasteiger partial charge in [0.2, 0.25) is 5.91 Å². The first-order chi connectivity index (χ1) is 8.11. The normalized spacial score (nSPS) is 9.94. The number of carbonyl (C=O) groups excluding carboxylic acids is 1. The van der Waals surface area contributed by atoms with E-state index in [0.717, 1.165) is 5.69 Å². The van der Waals surface area contributed by atoms with Gasteiger partial charge in [0.1, 0.15) is 0 Å². The van der Waals surface area contributed by atoms with Gasteiger partial charge in [0.05, 0.1) is 0 Å². The van der Waals surface area contributed by atoms with Crippen LogP contribution < -0.4 is 4.90 Å². The van der Waals surface area contributed by atoms with Crippen LogP contribution in [0.5, 0.6) is 0 Å². The summed E-state index contributed by atoms with van der Waals surface area (Å²) < 4.78 is 0. The summed E-state index contributed by atoms with van der Waals surface area (Å²) in [5, 5.41) is 8.47. The van der Waals surface area contributed by atoms with E-state index in [1.54, 1.807) is 11.9 Å². The number of unbranched alkanes of at least 4 members (excludes halogenated alkanes) is 1. The van der Waals surface area contributed by atoms with Crippen LogP contribution in [0, 0.1) is 0 Å². The molecule has 0 aliphatic heterocycles. The molecule has 4 heteroatoms. The van der Waals surface area contributed by atoms with Gasteiger partial charge in [-0.3, -0.25) is 9.59 Å². The Morgan fingerprint density at radius 3 is 2.29 bits per heavy atom. The van der Waals surface area contributed by atoms with Gasteiger partial charge in [-0.1, -0.05) is 18.2 Å². The first-order valence-electron chi connectivity index (χ1n) is 5.64. The van der Waals surface area contributed by atoms with Crippen molar-refractivity contribution in [2.24, 2.45) is 0 Å². The van der Waals surface area contributed by atoms with Gasteiger partial charge in [0.15, 0.2) is 0 Å². The van der Waals surface area contributed by atoms with Crippen molar-refractivity contribution < 1.29 is 14.7 Å². The van der Waals surface area contributed by atoms with Gasteiger partial charge in [-0.25, -0.2) is 0 Å². The summed E-state index contributed by atoms with van der Waals surface area (Å²) in [6.07, 6.45) is 1.67. The van der Waals surface area contributed by atoms with E-state index < -0.39 is 5.97 Å². The van der Waals surface area contributed by atoms with Crippen LogP contribution in [0.2, 0.25) is 0 Å². The summed E-state index contributed by atoms with van der Waals surface area (Å²) in [5.74, 6) is -0.796. The zero-order valence-electron chi connectivity index (χ0n) is 9.93. The van der Waals surface area contributed by atoms with E-state index in [1.807, 2.05) is 30.3 Å². The molecular weight excluding hydrogens is 218 g/mol. The van der Waals surface area contributed by atoms with Gasteiger partial charge in [0, 0.05) is 25.6 Å². The van der Waals surface area contributed by atoms with E-state index in [9.17, 15) is 9.59 Å². The van der Waals surface area contributed by atoms with Crippen molar-refractivity contribution in [3.05, 3.63) is 30.3 Å². The number of carbonyl (C=O) groups is 2. The highest BCUT2D eigenvalue weighted by Gasteiger charge is 2.10. The lowest BCUT2D eigenvalue weighted by molar-refractivity contribution is -0.137. The number of carboxylic acids is 1. The van der Waals surface area contributed by atoms with E-state index in [2.05, 4.69) is 0 Å². The second-order valence-corrected chi connectivity index (χ2v) is 3.89. The van der Waals surface area contributed by atoms with Crippen molar-refractivity contribution in [3.63, 3.8) is 0 Å². The first-order valence-corrected chi connectivity index (χ1v) is 5.64. The Kier molecular flexibility index (Phi) is 5.20. The number of anilines is 1. The average Bonchev–Trinajstić information content (AvgIpc) is 2.34. The van der Waals surface area contributed by atoms with Crippen LogP contribution >= 0.6 is 0 Å². The molecule has 1 amide bonds. The number of nitrogens with zero attached hydrogens (tertiary/aromatic N) is 1. The fraction of sp³-hybridized carbons (Fsp3) is 0.385. The molecule has 0 aliphatic rings. The molecule has 0 bridgehead atoms. The summed E-state index contributed by atoms with van der Waals surface area (Å²) in [6, 6.07) is 9.39. The van der Waals surface area contributed by atoms with Crippen LogP contribution in [0.3, 0.4) is 0 Å². The third-order valence-corrected chi connectivity index (χ3v) is 2.55. The van der Waals surface area contributed by atoms with Crippen LogP contribution in [0.25, 0.3) is 0 Å². The molecule has 0 unspecified atom stereocenters. The number of carboxylic acid groups (broad SMARTS) is 1. The highest BCUT2D eigenvalue weighted by Crippen LogP contribution is 2.13. The predicted molar refractivity (Wildman–Crippen MR) is 66.0 cm³/mol. The Labute approximate surface area is 101 Å². The van der Waals surface area contributed by atoms with Crippen LogP contribution in [0.1, 0.15) is 25.7 Å². The van der Waals surface area contributed by atoms with Crippen molar-refractivity contribution in [2.45, 2.75) is 25.7 Å². The van der Waals surface area contributed by atoms with Gasteiger partial charge >= 0.3 is 5.97 Å². The van der Waals surface area contributed by atoms with Gasteiger partial charge in [0.25, 0.3) is 0 Å². The molecule has 1 aromatic rings. The molecule has 0 saturated carbocycles. The highest BCUT2D eigenvalue weighted by atomic mass is 16.4. The second kappa shape index (κ2) is 6.68. The van der Waals surface area contributed by atoms with Crippen LogP contribution in [-0.2, 0) is 9.59 Å². The Bertz CT molecular complexity index is 376. The maximum absolute atomic E-state index is 11.8. The van der Waals surface area contributed by atoms with E-state index in [4.69, 9.17) is 5.11 Å². The minimum Gasteiger partial charge on any atom is -0.481 e. The predicted octanol–water partition coefficient (Wildman–Crippen LogP) is 2.29. The zero-order chi connectivity index (χ0) is 12.7. The lowest BCUT2D eigenvalue weighted by Crippen LogP contribution is -2.25. The summed E-state index contributed by atoms with van der Waals surface area (Å²) in [4.78, 5) is 23.7. The standard InChI is InChI=1S/C13H17NO3/c1-14(11-7-3-2-4-8-11)12(15)9-5-6-10-13(16)17/h2-4,7-8H,5-6,9-10H2,1H3,(H,16,17). The van der Waals surface area contributed by atoms with E-state index in [1.165, 1.54) is 0 Å². The fourth-order valence-electron chi connectivity index (χ4n) is 1.52. The minimum atomic E-state index is -0.811. The minimum absolute atomic E-state index is 0.0154. The average molecular weight is 235 g/mol. The zero-order valence-corrected chi connectivity index (χ0v) is 9.93. The highest BCUT2D eigenvalue weighted by molar-refractivity contribution is 5.92. The Morgan fingerprint density at radius 2 is 1.71 bits per heavy atom. The van der Waals surface area contributed by atoms with Crippen molar-refractivity contribution in [2.75, 3.05) is 11.9 Å². The largest absolute Gasteiger partial charge is 0.481 e. The quantitative estimate of drug-likeness (QED) is 0.770. The van der Waals surface area contributed by atoms with Crippen molar-refractivity contribution in [1.82, 2.24) is 0 Å². The van der Waals surface area contributed by atoms with Gasteiger partial charge in [-0.2, -0.15) is 0 Å². The molecule has 4 nitrogen and oxygen atoms in total. The molecule has 0 radical (unpaired) electrons. The molecule has 92 valence electrons. The van der Waals surface area contributed by atoms with E-state index in [0.29, 0.717) is 19.3 Å².